The van der Waals surface area contributed by atoms with Crippen LogP contribution in [0.1, 0.15) is 29.3 Å². The van der Waals surface area contributed by atoms with E-state index in [1.165, 1.54) is 0 Å². The summed E-state index contributed by atoms with van der Waals surface area (Å²) in [6.45, 7) is 2.12. The zero-order valence-corrected chi connectivity index (χ0v) is 9.62. The van der Waals surface area contributed by atoms with Gasteiger partial charge >= 0.3 is 0 Å². The van der Waals surface area contributed by atoms with Crippen molar-refractivity contribution in [3.63, 3.8) is 0 Å². The number of carbonyl (C=O) groups is 2. The van der Waals surface area contributed by atoms with E-state index in [0.29, 0.717) is 23.9 Å². The minimum absolute atomic E-state index is 0.00614. The molecule has 3 rings (SSSR count). The monoisotopic (exact) mass is 230 g/mol. The summed E-state index contributed by atoms with van der Waals surface area (Å²) in [7, 11) is 0. The Kier molecular flexibility index (Phi) is 2.18. The summed E-state index contributed by atoms with van der Waals surface area (Å²) in [5, 5.41) is 5.72. The lowest BCUT2D eigenvalue weighted by atomic mass is 10.1. The maximum atomic E-state index is 11.9. The first-order valence-electron chi connectivity index (χ1n) is 5.87. The first-order valence-corrected chi connectivity index (χ1v) is 5.87. The van der Waals surface area contributed by atoms with Crippen LogP contribution in [0.15, 0.2) is 18.2 Å². The zero-order valence-electron chi connectivity index (χ0n) is 9.62. The number of carbonyl (C=O) groups excluding carboxylic acids is 2. The number of hydrogen-bond donors (Lipinski definition) is 2. The summed E-state index contributed by atoms with van der Waals surface area (Å²) >= 11 is 0. The van der Waals surface area contributed by atoms with Crippen LogP contribution in [0.2, 0.25) is 0 Å². The van der Waals surface area contributed by atoms with Gasteiger partial charge in [-0.2, -0.15) is 0 Å². The Hall–Kier alpha value is -1.84. The number of anilines is 1. The molecular formula is C13H14N2O2. The van der Waals surface area contributed by atoms with Crippen molar-refractivity contribution in [3.8, 4) is 0 Å². The van der Waals surface area contributed by atoms with Crippen LogP contribution in [0.5, 0.6) is 0 Å². The van der Waals surface area contributed by atoms with Gasteiger partial charge in [-0.25, -0.2) is 0 Å². The van der Waals surface area contributed by atoms with Crippen LogP contribution in [-0.4, -0.2) is 17.9 Å². The first-order chi connectivity index (χ1) is 8.13. The lowest BCUT2D eigenvalue weighted by Gasteiger charge is -2.05. The number of benzene rings is 1. The molecule has 17 heavy (non-hydrogen) atoms. The van der Waals surface area contributed by atoms with Crippen molar-refractivity contribution in [1.29, 1.82) is 0 Å². The molecule has 0 aromatic heterocycles. The third-order valence-corrected chi connectivity index (χ3v) is 3.42. The summed E-state index contributed by atoms with van der Waals surface area (Å²) in [6.07, 6.45) is 1.48. The molecule has 4 nitrogen and oxygen atoms in total. The fraction of sp³-hybridized carbons (Fsp3) is 0.385. The normalized spacial score (nSPS) is 25.1. The summed E-state index contributed by atoms with van der Waals surface area (Å²) in [5.74, 6) is 0.532. The highest BCUT2D eigenvalue weighted by molar-refractivity contribution is 6.02. The average molecular weight is 230 g/mol. The van der Waals surface area contributed by atoms with E-state index in [2.05, 4.69) is 17.6 Å². The van der Waals surface area contributed by atoms with Crippen LogP contribution in [0.4, 0.5) is 5.69 Å². The Balaban J connectivity index is 1.78. The van der Waals surface area contributed by atoms with Gasteiger partial charge in [0.1, 0.15) is 0 Å². The fourth-order valence-corrected chi connectivity index (χ4v) is 2.13. The second-order valence-electron chi connectivity index (χ2n) is 4.89. The maximum absolute atomic E-state index is 11.9. The predicted octanol–water partition coefficient (Wildman–Crippen LogP) is 1.32. The number of nitrogens with one attached hydrogen (secondary N) is 2. The largest absolute Gasteiger partial charge is 0.349 e. The lowest BCUT2D eigenvalue weighted by Crippen LogP contribution is -2.26. The van der Waals surface area contributed by atoms with Gasteiger partial charge < -0.3 is 10.6 Å². The van der Waals surface area contributed by atoms with E-state index < -0.39 is 0 Å². The smallest absolute Gasteiger partial charge is 0.251 e. The van der Waals surface area contributed by atoms with Crippen molar-refractivity contribution in [2.24, 2.45) is 5.92 Å². The van der Waals surface area contributed by atoms with Crippen molar-refractivity contribution < 1.29 is 9.59 Å². The van der Waals surface area contributed by atoms with E-state index in [9.17, 15) is 9.59 Å². The van der Waals surface area contributed by atoms with Gasteiger partial charge in [-0.3, -0.25) is 9.59 Å². The molecule has 2 unspecified atom stereocenters. The van der Waals surface area contributed by atoms with Crippen molar-refractivity contribution >= 4 is 17.5 Å². The lowest BCUT2D eigenvalue weighted by molar-refractivity contribution is -0.115. The third-order valence-electron chi connectivity index (χ3n) is 3.42. The highest BCUT2D eigenvalue weighted by Crippen LogP contribution is 2.30. The molecule has 1 aliphatic heterocycles. The highest BCUT2D eigenvalue weighted by Gasteiger charge is 2.34. The quantitative estimate of drug-likeness (QED) is 0.805. The summed E-state index contributed by atoms with van der Waals surface area (Å²) in [4.78, 5) is 23.1. The Labute approximate surface area is 99.4 Å². The van der Waals surface area contributed by atoms with Gasteiger partial charge in [-0.1, -0.05) is 13.0 Å². The van der Waals surface area contributed by atoms with Gasteiger partial charge in [0.25, 0.3) is 5.91 Å². The van der Waals surface area contributed by atoms with Crippen LogP contribution < -0.4 is 10.6 Å². The molecule has 2 amide bonds. The Morgan fingerprint density at radius 2 is 2.24 bits per heavy atom. The fourth-order valence-electron chi connectivity index (χ4n) is 2.13. The Morgan fingerprint density at radius 1 is 1.47 bits per heavy atom. The maximum Gasteiger partial charge on any atom is 0.251 e. The minimum atomic E-state index is -0.0525. The molecule has 1 saturated carbocycles. The van der Waals surface area contributed by atoms with E-state index in [1.807, 2.05) is 6.07 Å². The molecule has 88 valence electrons. The van der Waals surface area contributed by atoms with Gasteiger partial charge in [0.15, 0.2) is 0 Å². The Bertz CT molecular complexity index is 510. The third kappa shape index (κ3) is 1.90. The molecule has 2 atom stereocenters. The summed E-state index contributed by atoms with van der Waals surface area (Å²) in [6, 6.07) is 5.70. The first kappa shape index (κ1) is 10.3. The van der Waals surface area contributed by atoms with Gasteiger partial charge in [0.2, 0.25) is 5.91 Å². The van der Waals surface area contributed by atoms with Gasteiger partial charge in [-0.05, 0) is 30.0 Å². The molecular weight excluding hydrogens is 216 g/mol. The van der Waals surface area contributed by atoms with E-state index in [1.54, 1.807) is 12.1 Å². The summed E-state index contributed by atoms with van der Waals surface area (Å²) in [5.41, 5.74) is 2.35. The molecule has 0 radical (unpaired) electrons. The van der Waals surface area contributed by atoms with Crippen molar-refractivity contribution in [2.45, 2.75) is 25.8 Å². The second kappa shape index (κ2) is 3.58. The van der Waals surface area contributed by atoms with E-state index in [0.717, 1.165) is 17.7 Å². The number of amides is 2. The average Bonchev–Trinajstić information content (AvgIpc) is 2.84. The molecule has 1 aromatic rings. The molecule has 0 bridgehead atoms. The van der Waals surface area contributed by atoms with Crippen LogP contribution in [0.25, 0.3) is 0 Å². The van der Waals surface area contributed by atoms with E-state index in [-0.39, 0.29) is 11.8 Å². The standard InChI is InChI=1S/C13H14N2O2/c1-7-4-10(7)15-13(17)9-3-2-8-6-12(16)14-11(8)5-9/h2-3,5,7,10H,4,6H2,1H3,(H,14,16)(H,15,17). The van der Waals surface area contributed by atoms with Crippen molar-refractivity contribution in [1.82, 2.24) is 5.32 Å². The van der Waals surface area contributed by atoms with Crippen LogP contribution in [0, 0.1) is 5.92 Å². The molecule has 1 aliphatic carbocycles. The molecule has 1 aromatic carbocycles. The van der Waals surface area contributed by atoms with Gasteiger partial charge in [0.05, 0.1) is 6.42 Å². The van der Waals surface area contributed by atoms with Gasteiger partial charge in [0, 0.05) is 17.3 Å². The molecule has 2 N–H and O–H groups in total. The minimum Gasteiger partial charge on any atom is -0.349 e. The molecule has 0 saturated heterocycles. The predicted molar refractivity (Wildman–Crippen MR) is 63.8 cm³/mol. The highest BCUT2D eigenvalue weighted by atomic mass is 16.2. The molecule has 2 aliphatic rings. The SMILES string of the molecule is CC1CC1NC(=O)c1ccc2c(c1)NC(=O)C2. The Morgan fingerprint density at radius 3 is 2.94 bits per heavy atom. The number of fused-ring (bicyclic) bond motifs is 1. The topological polar surface area (TPSA) is 58.2 Å². The summed E-state index contributed by atoms with van der Waals surface area (Å²) < 4.78 is 0. The van der Waals surface area contributed by atoms with Crippen LogP contribution >= 0.6 is 0 Å². The molecule has 1 fully saturated rings. The van der Waals surface area contributed by atoms with Crippen molar-refractivity contribution in [2.75, 3.05) is 5.32 Å². The number of rotatable bonds is 2. The van der Waals surface area contributed by atoms with E-state index in [4.69, 9.17) is 0 Å². The van der Waals surface area contributed by atoms with Crippen LogP contribution in [0.3, 0.4) is 0 Å². The van der Waals surface area contributed by atoms with Gasteiger partial charge in [-0.15, -0.1) is 0 Å². The molecule has 4 heteroatoms. The van der Waals surface area contributed by atoms with Crippen molar-refractivity contribution in [3.05, 3.63) is 29.3 Å². The zero-order chi connectivity index (χ0) is 12.0. The number of hydrogen-bond acceptors (Lipinski definition) is 2. The molecule has 0 spiro atoms. The second-order valence-corrected chi connectivity index (χ2v) is 4.89. The van der Waals surface area contributed by atoms with Crippen LogP contribution in [-0.2, 0) is 11.2 Å². The van der Waals surface area contributed by atoms with E-state index >= 15 is 0 Å². The molecule has 1 heterocycles.